The van der Waals surface area contributed by atoms with Crippen molar-refractivity contribution in [3.05, 3.63) is 84.2 Å². The molecule has 0 aliphatic carbocycles. The highest BCUT2D eigenvalue weighted by Gasteiger charge is 2.38. The maximum Gasteiger partial charge on any atom is 0.324 e. The molecule has 2 aromatic carbocycles. The Morgan fingerprint density at radius 1 is 1.13 bits per heavy atom. The van der Waals surface area contributed by atoms with Crippen molar-refractivity contribution in [1.82, 2.24) is 35.1 Å². The van der Waals surface area contributed by atoms with E-state index in [0.717, 1.165) is 45.1 Å². The summed E-state index contributed by atoms with van der Waals surface area (Å²) < 4.78 is 13.9. The number of esters is 1. The zero-order valence-corrected chi connectivity index (χ0v) is 37.7. The van der Waals surface area contributed by atoms with Crippen molar-refractivity contribution in [2.75, 3.05) is 40.9 Å². The number of amides is 4. The maximum absolute atomic E-state index is 14.6. The quantitative estimate of drug-likeness (QED) is 0.137. The van der Waals surface area contributed by atoms with Crippen molar-refractivity contribution in [3.63, 3.8) is 0 Å². The van der Waals surface area contributed by atoms with Gasteiger partial charge in [-0.1, -0.05) is 46.4 Å². The standard InChI is InChI=1S/C48H61N7O8/c1-10-41(57)52(7)26-42(58)53(8)43(29(3)4)45(59)50-38-22-30-20-32(23-33(56)21-30)31-16-17-40-35(24-31)36(44(54(40)11-2)34-14-12-18-49-39(34)27-62-9)25-48(5,6)28-63-47(61)37-15-13-19-55(51-37)46(38)60/h10,12,14,16-18,20-21,23-24,29,37-38,43,51,56H,1,11,13,15,19,22,25-28H2,2-9H3,(H,50,59)/t37-,38?,43-/m0/s1. The number of phenols is 1. The fourth-order valence-electron chi connectivity index (χ4n) is 8.80. The Labute approximate surface area is 369 Å². The number of ether oxygens (including phenoxy) is 2. The Morgan fingerprint density at radius 3 is 2.59 bits per heavy atom. The number of rotatable bonds is 11. The molecule has 15 heteroatoms. The second kappa shape index (κ2) is 19.5. The van der Waals surface area contributed by atoms with Gasteiger partial charge in [0.15, 0.2) is 0 Å². The number of carbonyl (C=O) groups is 5. The summed E-state index contributed by atoms with van der Waals surface area (Å²) in [6.45, 7) is 14.4. The van der Waals surface area contributed by atoms with Crippen molar-refractivity contribution in [3.8, 4) is 28.1 Å². The van der Waals surface area contributed by atoms with Gasteiger partial charge in [-0.15, -0.1) is 0 Å². The van der Waals surface area contributed by atoms with Crippen LogP contribution >= 0.6 is 0 Å². The first-order valence-electron chi connectivity index (χ1n) is 21.6. The zero-order chi connectivity index (χ0) is 45.7. The molecule has 4 heterocycles. The van der Waals surface area contributed by atoms with Crippen LogP contribution in [0.1, 0.15) is 64.3 Å². The highest BCUT2D eigenvalue weighted by Crippen LogP contribution is 2.41. The van der Waals surface area contributed by atoms with Crippen molar-refractivity contribution < 1.29 is 38.6 Å². The van der Waals surface area contributed by atoms with Crippen LogP contribution in [0.4, 0.5) is 0 Å². The lowest BCUT2D eigenvalue weighted by Gasteiger charge is -2.37. The fraction of sp³-hybridized carbons (Fsp3) is 0.458. The zero-order valence-electron chi connectivity index (χ0n) is 37.7. The molecule has 2 aromatic heterocycles. The molecular weight excluding hydrogens is 803 g/mol. The number of benzene rings is 2. The fourth-order valence-corrected chi connectivity index (χ4v) is 8.80. The van der Waals surface area contributed by atoms with E-state index in [2.05, 4.69) is 60.9 Å². The van der Waals surface area contributed by atoms with Gasteiger partial charge in [-0.3, -0.25) is 34.0 Å². The van der Waals surface area contributed by atoms with Crippen molar-refractivity contribution in [1.29, 1.82) is 0 Å². The van der Waals surface area contributed by atoms with Gasteiger partial charge in [0.25, 0.3) is 5.91 Å². The minimum absolute atomic E-state index is 0.0234. The number of pyridine rings is 1. The van der Waals surface area contributed by atoms with Crippen molar-refractivity contribution >= 4 is 40.5 Å². The highest BCUT2D eigenvalue weighted by molar-refractivity contribution is 5.96. The predicted molar refractivity (Wildman–Crippen MR) is 240 cm³/mol. The van der Waals surface area contributed by atoms with Gasteiger partial charge in [-0.25, -0.2) is 5.43 Å². The van der Waals surface area contributed by atoms with E-state index in [9.17, 15) is 29.1 Å². The van der Waals surface area contributed by atoms with Crippen LogP contribution in [0, 0.1) is 11.3 Å². The number of fused-ring (bicyclic) bond motifs is 6. The number of phenolic OH excluding ortho intramolecular Hbond substituents is 1. The largest absolute Gasteiger partial charge is 0.508 e. The molecule has 4 aromatic rings. The second-order valence-corrected chi connectivity index (χ2v) is 17.7. The first kappa shape index (κ1) is 46.4. The molecule has 2 aliphatic heterocycles. The summed E-state index contributed by atoms with van der Waals surface area (Å²) in [5.74, 6) is -2.90. The molecule has 0 spiro atoms. The second-order valence-electron chi connectivity index (χ2n) is 17.7. The first-order valence-corrected chi connectivity index (χ1v) is 21.6. The first-order chi connectivity index (χ1) is 30.0. The average Bonchev–Trinajstić information content (AvgIpc) is 3.55. The molecule has 1 saturated heterocycles. The van der Waals surface area contributed by atoms with E-state index in [-0.39, 0.29) is 37.8 Å². The molecule has 63 heavy (non-hydrogen) atoms. The number of carbonyl (C=O) groups excluding carboxylic acids is 5. The molecule has 3 N–H and O–H groups in total. The van der Waals surface area contributed by atoms with Gasteiger partial charge in [0.1, 0.15) is 23.9 Å². The van der Waals surface area contributed by atoms with Crippen LogP contribution in [-0.4, -0.2) is 118 Å². The number of nitrogens with zero attached hydrogens (tertiary/aromatic N) is 5. The Bertz CT molecular complexity index is 2390. The summed E-state index contributed by atoms with van der Waals surface area (Å²) >= 11 is 0. The third-order valence-corrected chi connectivity index (χ3v) is 11.9. The van der Waals surface area contributed by atoms with Gasteiger partial charge in [-0.05, 0) is 96.8 Å². The summed E-state index contributed by atoms with van der Waals surface area (Å²) in [6, 6.07) is 12.3. The number of hydrogen-bond acceptors (Lipinski definition) is 10. The molecule has 4 amide bonds. The predicted octanol–water partition coefficient (Wildman–Crippen LogP) is 5.02. The van der Waals surface area contributed by atoms with E-state index in [0.29, 0.717) is 43.5 Å². The number of cyclic esters (lactones) is 1. The van der Waals surface area contributed by atoms with Gasteiger partial charge in [-0.2, -0.15) is 0 Å². The molecule has 0 radical (unpaired) electrons. The van der Waals surface area contributed by atoms with Crippen molar-refractivity contribution in [2.24, 2.45) is 11.3 Å². The normalized spacial score (nSPS) is 18.3. The number of methoxy groups -OCH3 is 1. The molecule has 6 bridgehead atoms. The molecule has 2 aliphatic rings. The molecule has 0 saturated carbocycles. The smallest absolute Gasteiger partial charge is 0.324 e. The Hall–Kier alpha value is -6.06. The van der Waals surface area contributed by atoms with Gasteiger partial charge in [0.2, 0.25) is 17.7 Å². The highest BCUT2D eigenvalue weighted by atomic mass is 16.5. The van der Waals surface area contributed by atoms with Crippen molar-refractivity contribution in [2.45, 2.75) is 91.6 Å². The minimum Gasteiger partial charge on any atom is -0.508 e. The molecule has 6 rings (SSSR count). The van der Waals surface area contributed by atoms with E-state index in [1.165, 1.54) is 28.9 Å². The van der Waals surface area contributed by atoms with E-state index in [1.807, 2.05) is 18.2 Å². The van der Waals surface area contributed by atoms with Crippen LogP contribution in [0.15, 0.2) is 67.4 Å². The van der Waals surface area contributed by atoms with Gasteiger partial charge >= 0.3 is 5.97 Å². The Morgan fingerprint density at radius 2 is 1.89 bits per heavy atom. The maximum atomic E-state index is 14.6. The topological polar surface area (TPSA) is 176 Å². The van der Waals surface area contributed by atoms with Crippen LogP contribution in [0.25, 0.3) is 33.3 Å². The number of hydrogen-bond donors (Lipinski definition) is 3. The van der Waals surface area contributed by atoms with Gasteiger partial charge < -0.3 is 34.3 Å². The van der Waals surface area contributed by atoms with Gasteiger partial charge in [0.05, 0.1) is 31.1 Å². The monoisotopic (exact) mass is 863 g/mol. The van der Waals surface area contributed by atoms with E-state index >= 15 is 0 Å². The number of nitrogens with one attached hydrogen (secondary N) is 2. The molecule has 3 atom stereocenters. The Balaban J connectivity index is 1.47. The van der Waals surface area contributed by atoms with Crippen LogP contribution in [0.3, 0.4) is 0 Å². The van der Waals surface area contributed by atoms with E-state index < -0.39 is 53.1 Å². The number of hydrazine groups is 1. The lowest BCUT2D eigenvalue weighted by atomic mass is 9.84. The third-order valence-electron chi connectivity index (χ3n) is 11.9. The molecule has 336 valence electrons. The third kappa shape index (κ3) is 10.3. The number of aryl methyl sites for hydroxylation is 1. The van der Waals surface area contributed by atoms with E-state index in [1.54, 1.807) is 39.3 Å². The molecule has 1 unspecified atom stereocenters. The number of aromatic hydroxyl groups is 1. The van der Waals surface area contributed by atoms with Crippen LogP contribution in [0.2, 0.25) is 0 Å². The summed E-state index contributed by atoms with van der Waals surface area (Å²) in [4.78, 5) is 75.5. The lowest BCUT2D eigenvalue weighted by Crippen LogP contribution is -2.62. The van der Waals surface area contributed by atoms with Crippen LogP contribution in [0.5, 0.6) is 5.75 Å². The summed E-state index contributed by atoms with van der Waals surface area (Å²) in [5, 5.41) is 16.5. The summed E-state index contributed by atoms with van der Waals surface area (Å²) in [6.07, 6.45) is 4.31. The summed E-state index contributed by atoms with van der Waals surface area (Å²) in [5.41, 5.74) is 9.44. The Kier molecular flexibility index (Phi) is 14.4. The number of likely N-dealkylation sites (N-methyl/N-ethyl adjacent to an activating group) is 2. The molecular formula is C48H61N7O8. The van der Waals surface area contributed by atoms with E-state index in [4.69, 9.17) is 14.5 Å². The summed E-state index contributed by atoms with van der Waals surface area (Å²) in [7, 11) is 4.61. The van der Waals surface area contributed by atoms with Crippen LogP contribution < -0.4 is 10.7 Å². The SMILES string of the molecule is C=CC(=O)N(C)CC(=O)N(C)[C@H](C(=O)NC1Cc2cc(O)cc(c2)-c2ccc3c(c2)c(c(-c2cccnc2COC)n3CC)CC(C)(C)COC(=O)[C@@H]2CCCN(N2)C1=O)C(C)C. The van der Waals surface area contributed by atoms with Gasteiger partial charge in [0, 0.05) is 68.8 Å². The lowest BCUT2D eigenvalue weighted by molar-refractivity contribution is -0.155. The molecule has 15 nitrogen and oxygen atoms in total. The average molecular weight is 864 g/mol. The van der Waals surface area contributed by atoms with Crippen LogP contribution in [-0.2, 0) is 59.4 Å². The molecule has 1 fully saturated rings. The minimum atomic E-state index is -1.18. The number of aromatic nitrogens is 2.